The molecule has 6 heteroatoms. The summed E-state index contributed by atoms with van der Waals surface area (Å²) in [6.45, 7) is 1.74. The van der Waals surface area contributed by atoms with Gasteiger partial charge in [-0.05, 0) is 36.3 Å². The van der Waals surface area contributed by atoms with Crippen molar-refractivity contribution in [3.63, 3.8) is 0 Å². The zero-order valence-corrected chi connectivity index (χ0v) is 15.3. The molecule has 5 nitrogen and oxygen atoms in total. The molecule has 25 heavy (non-hydrogen) atoms. The highest BCUT2D eigenvalue weighted by molar-refractivity contribution is 9.10. The van der Waals surface area contributed by atoms with E-state index in [2.05, 4.69) is 31.8 Å². The summed E-state index contributed by atoms with van der Waals surface area (Å²) in [6, 6.07) is 16.7. The standard InChI is InChI=1S/C19H18BrN3O2/c1-14(10-15-6-3-2-4-7-15)12-22-23-18(24)13-21-19(25)16-8-5-9-17(20)11-16/h2-12H,13H2,1H3,(H,21,25)(H,23,24). The van der Waals surface area contributed by atoms with Crippen molar-refractivity contribution in [3.8, 4) is 0 Å². The molecule has 0 fully saturated rings. The van der Waals surface area contributed by atoms with Gasteiger partial charge in [-0.25, -0.2) is 5.43 Å². The van der Waals surface area contributed by atoms with Crippen LogP contribution in [0.1, 0.15) is 22.8 Å². The van der Waals surface area contributed by atoms with E-state index in [4.69, 9.17) is 0 Å². The lowest BCUT2D eigenvalue weighted by Crippen LogP contribution is -2.34. The van der Waals surface area contributed by atoms with Crippen LogP contribution in [0.15, 0.2) is 69.7 Å². The molecule has 0 saturated heterocycles. The smallest absolute Gasteiger partial charge is 0.259 e. The molecule has 0 aromatic heterocycles. The minimum Gasteiger partial charge on any atom is -0.343 e. The third-order valence-corrected chi connectivity index (χ3v) is 3.64. The molecule has 0 atom stereocenters. The maximum atomic E-state index is 11.9. The lowest BCUT2D eigenvalue weighted by Gasteiger charge is -2.04. The first kappa shape index (κ1) is 18.6. The Kier molecular flexibility index (Phi) is 7.10. The number of nitrogens with one attached hydrogen (secondary N) is 2. The topological polar surface area (TPSA) is 70.6 Å². The van der Waals surface area contributed by atoms with Crippen molar-refractivity contribution < 1.29 is 9.59 Å². The molecular weight excluding hydrogens is 382 g/mol. The van der Waals surface area contributed by atoms with Crippen LogP contribution in [0.25, 0.3) is 6.08 Å². The van der Waals surface area contributed by atoms with Crippen LogP contribution in [0.5, 0.6) is 0 Å². The Bertz CT molecular complexity index is 801. The van der Waals surface area contributed by atoms with Crippen molar-refractivity contribution in [2.45, 2.75) is 6.92 Å². The molecule has 2 aromatic carbocycles. The van der Waals surface area contributed by atoms with Gasteiger partial charge in [0.1, 0.15) is 0 Å². The van der Waals surface area contributed by atoms with Gasteiger partial charge < -0.3 is 5.32 Å². The fraction of sp³-hybridized carbons (Fsp3) is 0.105. The molecule has 2 rings (SSSR count). The predicted octanol–water partition coefficient (Wildman–Crippen LogP) is 3.38. The molecule has 0 spiro atoms. The van der Waals surface area contributed by atoms with Gasteiger partial charge in [0.25, 0.3) is 11.8 Å². The van der Waals surface area contributed by atoms with E-state index in [1.54, 1.807) is 24.4 Å². The van der Waals surface area contributed by atoms with E-state index in [1.807, 2.05) is 49.4 Å². The summed E-state index contributed by atoms with van der Waals surface area (Å²) in [4.78, 5) is 23.6. The van der Waals surface area contributed by atoms with Crippen LogP contribution in [-0.4, -0.2) is 24.6 Å². The summed E-state index contributed by atoms with van der Waals surface area (Å²) in [5.41, 5.74) is 4.81. The summed E-state index contributed by atoms with van der Waals surface area (Å²) in [5.74, 6) is -0.715. The number of carbonyl (C=O) groups excluding carboxylic acids is 2. The molecule has 0 bridgehead atoms. The van der Waals surface area contributed by atoms with Gasteiger partial charge in [0, 0.05) is 10.0 Å². The Balaban J connectivity index is 1.78. The first-order valence-corrected chi connectivity index (χ1v) is 8.43. The molecule has 0 aliphatic carbocycles. The van der Waals surface area contributed by atoms with E-state index >= 15 is 0 Å². The molecule has 0 unspecified atom stereocenters. The number of benzene rings is 2. The van der Waals surface area contributed by atoms with Crippen molar-refractivity contribution in [2.75, 3.05) is 6.54 Å². The minimum absolute atomic E-state index is 0.149. The maximum Gasteiger partial charge on any atom is 0.259 e. The lowest BCUT2D eigenvalue weighted by molar-refractivity contribution is -0.120. The highest BCUT2D eigenvalue weighted by Gasteiger charge is 2.07. The summed E-state index contributed by atoms with van der Waals surface area (Å²) >= 11 is 3.30. The second-order valence-corrected chi connectivity index (χ2v) is 6.20. The summed E-state index contributed by atoms with van der Waals surface area (Å²) in [5, 5.41) is 6.42. The Labute approximate surface area is 155 Å². The normalized spacial score (nSPS) is 11.4. The number of rotatable bonds is 6. The van der Waals surface area contributed by atoms with E-state index in [0.717, 1.165) is 15.6 Å². The zero-order valence-electron chi connectivity index (χ0n) is 13.7. The molecule has 0 aliphatic heterocycles. The number of allylic oxidation sites excluding steroid dienone is 1. The summed E-state index contributed by atoms with van der Waals surface area (Å²) in [6.07, 6.45) is 3.51. The molecule has 2 amide bonds. The minimum atomic E-state index is -0.396. The van der Waals surface area contributed by atoms with Crippen LogP contribution in [0.4, 0.5) is 0 Å². The molecule has 0 saturated carbocycles. The fourth-order valence-corrected chi connectivity index (χ4v) is 2.39. The molecule has 0 radical (unpaired) electrons. The van der Waals surface area contributed by atoms with Gasteiger partial charge in [0.15, 0.2) is 0 Å². The number of halogens is 1. The van der Waals surface area contributed by atoms with Gasteiger partial charge in [-0.3, -0.25) is 9.59 Å². The van der Waals surface area contributed by atoms with E-state index < -0.39 is 5.91 Å². The van der Waals surface area contributed by atoms with E-state index in [-0.39, 0.29) is 12.5 Å². The van der Waals surface area contributed by atoms with Crippen molar-refractivity contribution in [3.05, 3.63) is 75.8 Å². The van der Waals surface area contributed by atoms with Gasteiger partial charge >= 0.3 is 0 Å². The average Bonchev–Trinajstić information content (AvgIpc) is 2.60. The highest BCUT2D eigenvalue weighted by Crippen LogP contribution is 2.11. The Morgan fingerprint density at radius 1 is 1.12 bits per heavy atom. The highest BCUT2D eigenvalue weighted by atomic mass is 79.9. The van der Waals surface area contributed by atoms with Gasteiger partial charge in [0.2, 0.25) is 0 Å². The van der Waals surface area contributed by atoms with Gasteiger partial charge in [0.05, 0.1) is 12.8 Å². The van der Waals surface area contributed by atoms with Crippen molar-refractivity contribution in [1.29, 1.82) is 0 Å². The largest absolute Gasteiger partial charge is 0.343 e. The Morgan fingerprint density at radius 2 is 1.88 bits per heavy atom. The summed E-state index contributed by atoms with van der Waals surface area (Å²) < 4.78 is 0.801. The number of amides is 2. The van der Waals surface area contributed by atoms with Gasteiger partial charge in [-0.2, -0.15) is 5.10 Å². The van der Waals surface area contributed by atoms with Crippen LogP contribution in [-0.2, 0) is 4.79 Å². The van der Waals surface area contributed by atoms with E-state index in [1.165, 1.54) is 0 Å². The van der Waals surface area contributed by atoms with E-state index in [9.17, 15) is 9.59 Å². The van der Waals surface area contributed by atoms with Crippen LogP contribution in [0, 0.1) is 0 Å². The van der Waals surface area contributed by atoms with Crippen molar-refractivity contribution in [1.82, 2.24) is 10.7 Å². The number of hydrazone groups is 1. The van der Waals surface area contributed by atoms with Crippen LogP contribution in [0.3, 0.4) is 0 Å². The second kappa shape index (κ2) is 9.54. The fourth-order valence-electron chi connectivity index (χ4n) is 1.99. The maximum absolute atomic E-state index is 11.9. The number of hydrogen-bond donors (Lipinski definition) is 2. The van der Waals surface area contributed by atoms with Crippen LogP contribution in [0.2, 0.25) is 0 Å². The number of hydrogen-bond acceptors (Lipinski definition) is 3. The second-order valence-electron chi connectivity index (χ2n) is 5.29. The molecule has 2 aromatic rings. The van der Waals surface area contributed by atoms with Crippen LogP contribution >= 0.6 is 15.9 Å². The third kappa shape index (κ3) is 6.73. The number of carbonyl (C=O) groups is 2. The quantitative estimate of drug-likeness (QED) is 0.577. The predicted molar refractivity (Wildman–Crippen MR) is 103 cm³/mol. The lowest BCUT2D eigenvalue weighted by atomic mass is 10.1. The van der Waals surface area contributed by atoms with Gasteiger partial charge in [-0.1, -0.05) is 58.4 Å². The van der Waals surface area contributed by atoms with Crippen LogP contribution < -0.4 is 10.7 Å². The Morgan fingerprint density at radius 3 is 2.60 bits per heavy atom. The first-order chi connectivity index (χ1) is 12.0. The third-order valence-electron chi connectivity index (χ3n) is 3.15. The van der Waals surface area contributed by atoms with Gasteiger partial charge in [-0.15, -0.1) is 0 Å². The van der Waals surface area contributed by atoms with E-state index in [0.29, 0.717) is 5.56 Å². The van der Waals surface area contributed by atoms with Crippen molar-refractivity contribution in [2.24, 2.45) is 5.10 Å². The monoisotopic (exact) mass is 399 g/mol. The molecular formula is C19H18BrN3O2. The molecule has 0 aliphatic rings. The molecule has 128 valence electrons. The molecule has 2 N–H and O–H groups in total. The zero-order chi connectivity index (χ0) is 18.1. The van der Waals surface area contributed by atoms with Crippen molar-refractivity contribution >= 4 is 40.0 Å². The average molecular weight is 400 g/mol. The first-order valence-electron chi connectivity index (χ1n) is 7.63. The molecule has 0 heterocycles. The summed E-state index contributed by atoms with van der Waals surface area (Å²) in [7, 11) is 0. The Hall–Kier alpha value is -2.73. The SMILES string of the molecule is CC(C=NNC(=O)CNC(=O)c1cccc(Br)c1)=Cc1ccccc1. The number of nitrogens with zero attached hydrogens (tertiary/aromatic N) is 1.